The summed E-state index contributed by atoms with van der Waals surface area (Å²) >= 11 is 1.06. The third kappa shape index (κ3) is 4.70. The third-order valence-electron chi connectivity index (χ3n) is 4.13. The fourth-order valence-electron chi connectivity index (χ4n) is 2.77. The molecular formula is C22H20N2O4S. The zero-order valence-electron chi connectivity index (χ0n) is 16.0. The maximum Gasteiger partial charge on any atom is 0.341 e. The Morgan fingerprint density at radius 3 is 2.17 bits per heavy atom. The zero-order chi connectivity index (χ0) is 20.8. The second-order valence-corrected chi connectivity index (χ2v) is 7.14. The Balaban J connectivity index is 1.93. The first-order chi connectivity index (χ1) is 14.0. The highest BCUT2D eigenvalue weighted by Crippen LogP contribution is 2.35. The van der Waals surface area contributed by atoms with E-state index in [0.717, 1.165) is 11.3 Å². The third-order valence-corrected chi connectivity index (χ3v) is 5.33. The first kappa shape index (κ1) is 20.3. The van der Waals surface area contributed by atoms with E-state index >= 15 is 0 Å². The summed E-state index contributed by atoms with van der Waals surface area (Å²) in [6.07, 6.45) is 0. The minimum absolute atomic E-state index is 0.186. The van der Waals surface area contributed by atoms with Gasteiger partial charge in [0.15, 0.2) is 0 Å². The summed E-state index contributed by atoms with van der Waals surface area (Å²) < 4.78 is 5.13. The predicted octanol–water partition coefficient (Wildman–Crippen LogP) is 5.11. The molecule has 0 bridgehead atoms. The van der Waals surface area contributed by atoms with Gasteiger partial charge in [-0.1, -0.05) is 48.5 Å². The number of hydrogen-bond acceptors (Lipinski definition) is 5. The molecule has 0 saturated heterocycles. The van der Waals surface area contributed by atoms with E-state index < -0.39 is 12.0 Å². The Kier molecular flexibility index (Phi) is 6.41. The van der Waals surface area contributed by atoms with Crippen LogP contribution in [0.15, 0.2) is 60.7 Å². The van der Waals surface area contributed by atoms with E-state index in [1.165, 1.54) is 0 Å². The number of amides is 2. The van der Waals surface area contributed by atoms with Gasteiger partial charge in [0, 0.05) is 11.3 Å². The maximum absolute atomic E-state index is 12.9. The van der Waals surface area contributed by atoms with Crippen molar-refractivity contribution in [1.82, 2.24) is 0 Å². The number of ketones is 1. The van der Waals surface area contributed by atoms with Gasteiger partial charge in [0.2, 0.25) is 5.78 Å². The van der Waals surface area contributed by atoms with Gasteiger partial charge in [-0.25, -0.2) is 9.59 Å². The van der Waals surface area contributed by atoms with Crippen molar-refractivity contribution in [3.63, 3.8) is 0 Å². The number of esters is 1. The molecule has 148 valence electrons. The van der Waals surface area contributed by atoms with Gasteiger partial charge in [-0.05, 0) is 31.5 Å². The Bertz CT molecular complexity index is 1030. The SMILES string of the molecule is CCOC(=O)c1c(NC(=O)Nc2ccccc2)sc(C(=O)c2ccccc2)c1C. The van der Waals surface area contributed by atoms with Crippen LogP contribution in [-0.2, 0) is 4.74 Å². The fraction of sp³-hybridized carbons (Fsp3) is 0.136. The fourth-order valence-corrected chi connectivity index (χ4v) is 3.93. The molecule has 1 heterocycles. The van der Waals surface area contributed by atoms with Crippen molar-refractivity contribution < 1.29 is 19.1 Å². The van der Waals surface area contributed by atoms with Gasteiger partial charge < -0.3 is 10.1 Å². The van der Waals surface area contributed by atoms with E-state index in [1.807, 2.05) is 12.1 Å². The van der Waals surface area contributed by atoms with E-state index in [-0.39, 0.29) is 23.0 Å². The summed E-state index contributed by atoms with van der Waals surface area (Å²) in [5, 5.41) is 5.65. The average Bonchev–Trinajstić information content (AvgIpc) is 3.04. The largest absolute Gasteiger partial charge is 0.462 e. The van der Waals surface area contributed by atoms with Crippen molar-refractivity contribution in [2.45, 2.75) is 13.8 Å². The summed E-state index contributed by atoms with van der Waals surface area (Å²) in [5.74, 6) is -0.793. The number of benzene rings is 2. The molecular weight excluding hydrogens is 388 g/mol. The van der Waals surface area contributed by atoms with Crippen molar-refractivity contribution in [3.05, 3.63) is 82.2 Å². The number of thiophene rings is 1. The number of nitrogens with one attached hydrogen (secondary N) is 2. The monoisotopic (exact) mass is 408 g/mol. The van der Waals surface area contributed by atoms with Gasteiger partial charge in [0.05, 0.1) is 17.0 Å². The smallest absolute Gasteiger partial charge is 0.341 e. The molecule has 0 atom stereocenters. The van der Waals surface area contributed by atoms with Crippen LogP contribution in [0.3, 0.4) is 0 Å². The molecule has 6 nitrogen and oxygen atoms in total. The van der Waals surface area contributed by atoms with Crippen LogP contribution in [0, 0.1) is 6.92 Å². The van der Waals surface area contributed by atoms with E-state index in [2.05, 4.69) is 10.6 Å². The van der Waals surface area contributed by atoms with E-state index in [9.17, 15) is 14.4 Å². The first-order valence-corrected chi connectivity index (χ1v) is 9.86. The van der Waals surface area contributed by atoms with Crippen molar-refractivity contribution in [3.8, 4) is 0 Å². The number of urea groups is 1. The molecule has 2 aromatic carbocycles. The van der Waals surface area contributed by atoms with Crippen molar-refractivity contribution in [1.29, 1.82) is 0 Å². The molecule has 3 rings (SSSR count). The summed E-state index contributed by atoms with van der Waals surface area (Å²) in [6.45, 7) is 3.57. The summed E-state index contributed by atoms with van der Waals surface area (Å²) in [4.78, 5) is 38.2. The lowest BCUT2D eigenvalue weighted by Crippen LogP contribution is -2.20. The molecule has 0 radical (unpaired) electrons. The summed E-state index contributed by atoms with van der Waals surface area (Å²) in [5.41, 5.74) is 1.79. The van der Waals surface area contributed by atoms with Crippen LogP contribution >= 0.6 is 11.3 Å². The summed E-state index contributed by atoms with van der Waals surface area (Å²) in [7, 11) is 0. The molecule has 1 aromatic heterocycles. The second kappa shape index (κ2) is 9.16. The lowest BCUT2D eigenvalue weighted by Gasteiger charge is -2.08. The van der Waals surface area contributed by atoms with Crippen LogP contribution in [0.4, 0.5) is 15.5 Å². The number of para-hydroxylation sites is 1. The lowest BCUT2D eigenvalue weighted by atomic mass is 10.0. The standard InChI is InChI=1S/C22H20N2O4S/c1-3-28-21(26)17-14(2)19(18(25)15-10-6-4-7-11-15)29-20(17)24-22(27)23-16-12-8-5-9-13-16/h4-13H,3H2,1-2H3,(H2,23,24,27). The molecule has 0 aliphatic heterocycles. The Hall–Kier alpha value is -3.45. The first-order valence-electron chi connectivity index (χ1n) is 9.04. The van der Waals surface area contributed by atoms with Gasteiger partial charge in [-0.3, -0.25) is 10.1 Å². The Morgan fingerprint density at radius 2 is 1.55 bits per heavy atom. The number of ether oxygens (including phenoxy) is 1. The highest BCUT2D eigenvalue weighted by molar-refractivity contribution is 7.19. The van der Waals surface area contributed by atoms with Crippen molar-refractivity contribution in [2.75, 3.05) is 17.2 Å². The minimum atomic E-state index is -0.580. The molecule has 0 unspecified atom stereocenters. The predicted molar refractivity (Wildman–Crippen MR) is 114 cm³/mol. The van der Waals surface area contributed by atoms with Crippen LogP contribution in [-0.4, -0.2) is 24.4 Å². The van der Waals surface area contributed by atoms with Gasteiger partial charge in [-0.2, -0.15) is 0 Å². The maximum atomic E-state index is 12.9. The number of carbonyl (C=O) groups excluding carboxylic acids is 3. The topological polar surface area (TPSA) is 84.5 Å². The molecule has 29 heavy (non-hydrogen) atoms. The second-order valence-electron chi connectivity index (χ2n) is 6.12. The molecule has 0 fully saturated rings. The molecule has 0 aliphatic carbocycles. The summed E-state index contributed by atoms with van der Waals surface area (Å²) in [6, 6.07) is 17.2. The van der Waals surface area contributed by atoms with Gasteiger partial charge in [-0.15, -0.1) is 11.3 Å². The van der Waals surface area contributed by atoms with Crippen LogP contribution in [0.25, 0.3) is 0 Å². The van der Waals surface area contributed by atoms with E-state index in [0.29, 0.717) is 21.7 Å². The lowest BCUT2D eigenvalue weighted by molar-refractivity contribution is 0.0527. The molecule has 0 saturated carbocycles. The molecule has 0 spiro atoms. The van der Waals surface area contributed by atoms with E-state index in [4.69, 9.17) is 4.74 Å². The van der Waals surface area contributed by atoms with Crippen LogP contribution in [0.2, 0.25) is 0 Å². The quantitative estimate of drug-likeness (QED) is 0.439. The average molecular weight is 408 g/mol. The highest BCUT2D eigenvalue weighted by Gasteiger charge is 2.27. The number of carbonyl (C=O) groups is 3. The molecule has 2 amide bonds. The highest BCUT2D eigenvalue weighted by atomic mass is 32.1. The molecule has 3 aromatic rings. The van der Waals surface area contributed by atoms with Crippen LogP contribution in [0.1, 0.15) is 38.1 Å². The Labute approximate surface area is 172 Å². The normalized spacial score (nSPS) is 10.3. The van der Waals surface area contributed by atoms with Crippen LogP contribution < -0.4 is 10.6 Å². The molecule has 7 heteroatoms. The van der Waals surface area contributed by atoms with Crippen molar-refractivity contribution in [2.24, 2.45) is 0 Å². The van der Waals surface area contributed by atoms with Gasteiger partial charge >= 0.3 is 12.0 Å². The minimum Gasteiger partial charge on any atom is -0.462 e. The Morgan fingerprint density at radius 1 is 0.931 bits per heavy atom. The van der Waals surface area contributed by atoms with Crippen LogP contribution in [0.5, 0.6) is 0 Å². The van der Waals surface area contributed by atoms with Crippen molar-refractivity contribution >= 4 is 39.8 Å². The number of anilines is 2. The molecule has 2 N–H and O–H groups in total. The van der Waals surface area contributed by atoms with E-state index in [1.54, 1.807) is 62.4 Å². The number of hydrogen-bond donors (Lipinski definition) is 2. The van der Waals surface area contributed by atoms with Gasteiger partial charge in [0.1, 0.15) is 5.00 Å². The molecule has 0 aliphatic rings. The number of rotatable bonds is 6. The van der Waals surface area contributed by atoms with Gasteiger partial charge in [0.25, 0.3) is 0 Å². The zero-order valence-corrected chi connectivity index (χ0v) is 16.8.